The van der Waals surface area contributed by atoms with Gasteiger partial charge in [0, 0.05) is 19.2 Å². The molecular weight excluding hydrogens is 202 g/mol. The molecule has 5 heteroatoms. The molecule has 0 saturated carbocycles. The van der Waals surface area contributed by atoms with Gasteiger partial charge in [-0.3, -0.25) is 0 Å². The second kappa shape index (κ2) is 6.37. The van der Waals surface area contributed by atoms with E-state index in [2.05, 4.69) is 0 Å². The van der Waals surface area contributed by atoms with E-state index in [1.54, 1.807) is 0 Å². The van der Waals surface area contributed by atoms with Crippen molar-refractivity contribution in [2.45, 2.75) is 39.7 Å². The molecule has 0 rings (SSSR count). The molecule has 0 fully saturated rings. The standard InChI is InChI=1S/C9H21NO3S/c1-4-8-14(12,13)10(9(2)3)6-5-7-11/h9,11H,4-8H2,1-3H3. The molecule has 0 aromatic rings. The summed E-state index contributed by atoms with van der Waals surface area (Å²) in [5, 5.41) is 8.67. The van der Waals surface area contributed by atoms with Crippen molar-refractivity contribution in [3.63, 3.8) is 0 Å². The molecule has 0 aliphatic carbocycles. The minimum Gasteiger partial charge on any atom is -0.396 e. The third-order valence-corrected chi connectivity index (χ3v) is 4.17. The Balaban J connectivity index is 4.48. The van der Waals surface area contributed by atoms with Crippen molar-refractivity contribution < 1.29 is 13.5 Å². The second-order valence-corrected chi connectivity index (χ2v) is 5.64. The zero-order valence-corrected chi connectivity index (χ0v) is 10.0. The van der Waals surface area contributed by atoms with Crippen LogP contribution in [-0.4, -0.2) is 42.8 Å². The molecule has 0 aliphatic heterocycles. The van der Waals surface area contributed by atoms with Gasteiger partial charge in [-0.25, -0.2) is 8.42 Å². The summed E-state index contributed by atoms with van der Waals surface area (Å²) in [7, 11) is -3.12. The number of aliphatic hydroxyl groups is 1. The summed E-state index contributed by atoms with van der Waals surface area (Å²) < 4.78 is 24.9. The Labute approximate surface area is 87.0 Å². The maximum atomic E-state index is 11.7. The lowest BCUT2D eigenvalue weighted by Crippen LogP contribution is -2.39. The van der Waals surface area contributed by atoms with E-state index in [4.69, 9.17) is 5.11 Å². The van der Waals surface area contributed by atoms with Crippen molar-refractivity contribution in [3.05, 3.63) is 0 Å². The monoisotopic (exact) mass is 223 g/mol. The van der Waals surface area contributed by atoms with Gasteiger partial charge in [0.2, 0.25) is 10.0 Å². The van der Waals surface area contributed by atoms with Gasteiger partial charge in [-0.1, -0.05) is 6.92 Å². The molecule has 0 bridgehead atoms. The highest BCUT2D eigenvalue weighted by atomic mass is 32.2. The van der Waals surface area contributed by atoms with Gasteiger partial charge in [0.25, 0.3) is 0 Å². The minimum absolute atomic E-state index is 0.0295. The topological polar surface area (TPSA) is 57.6 Å². The SMILES string of the molecule is CCCS(=O)(=O)N(CCCO)C(C)C. The van der Waals surface area contributed by atoms with Gasteiger partial charge in [-0.05, 0) is 26.7 Å². The first-order valence-electron chi connectivity index (χ1n) is 5.06. The molecule has 0 spiro atoms. The van der Waals surface area contributed by atoms with Gasteiger partial charge in [0.15, 0.2) is 0 Å². The molecule has 0 radical (unpaired) electrons. The van der Waals surface area contributed by atoms with Gasteiger partial charge >= 0.3 is 0 Å². The van der Waals surface area contributed by atoms with Crippen LogP contribution in [0.15, 0.2) is 0 Å². The van der Waals surface area contributed by atoms with Crippen molar-refractivity contribution in [3.8, 4) is 0 Å². The Morgan fingerprint density at radius 3 is 2.29 bits per heavy atom. The second-order valence-electron chi connectivity index (χ2n) is 3.60. The third-order valence-electron chi connectivity index (χ3n) is 1.93. The number of nitrogens with zero attached hydrogens (tertiary/aromatic N) is 1. The smallest absolute Gasteiger partial charge is 0.214 e. The van der Waals surface area contributed by atoms with E-state index in [1.807, 2.05) is 20.8 Å². The van der Waals surface area contributed by atoms with Crippen LogP contribution in [0.4, 0.5) is 0 Å². The Morgan fingerprint density at radius 1 is 1.36 bits per heavy atom. The first-order valence-corrected chi connectivity index (χ1v) is 6.67. The van der Waals surface area contributed by atoms with E-state index in [0.29, 0.717) is 19.4 Å². The van der Waals surface area contributed by atoms with Crippen molar-refractivity contribution in [1.82, 2.24) is 4.31 Å². The Morgan fingerprint density at radius 2 is 1.93 bits per heavy atom. The summed E-state index contributed by atoms with van der Waals surface area (Å²) in [5.74, 6) is 0.191. The lowest BCUT2D eigenvalue weighted by Gasteiger charge is -2.25. The van der Waals surface area contributed by atoms with Crippen LogP contribution in [0.1, 0.15) is 33.6 Å². The van der Waals surface area contributed by atoms with Crippen molar-refractivity contribution in [2.24, 2.45) is 0 Å². The number of sulfonamides is 1. The molecule has 1 N–H and O–H groups in total. The third kappa shape index (κ3) is 4.39. The average Bonchev–Trinajstić information content (AvgIpc) is 2.03. The predicted octanol–water partition coefficient (Wildman–Crippen LogP) is 0.819. The fraction of sp³-hybridized carbons (Fsp3) is 1.00. The van der Waals surface area contributed by atoms with Crippen LogP contribution < -0.4 is 0 Å². The highest BCUT2D eigenvalue weighted by Crippen LogP contribution is 2.09. The van der Waals surface area contributed by atoms with Crippen LogP contribution in [0, 0.1) is 0 Å². The lowest BCUT2D eigenvalue weighted by molar-refractivity contribution is 0.258. The van der Waals surface area contributed by atoms with Gasteiger partial charge in [-0.15, -0.1) is 0 Å². The largest absolute Gasteiger partial charge is 0.396 e. The fourth-order valence-corrected chi connectivity index (χ4v) is 3.12. The maximum absolute atomic E-state index is 11.7. The quantitative estimate of drug-likeness (QED) is 0.695. The van der Waals surface area contributed by atoms with Gasteiger partial charge < -0.3 is 5.11 Å². The first kappa shape index (κ1) is 13.9. The van der Waals surface area contributed by atoms with Crippen LogP contribution in [-0.2, 0) is 10.0 Å². The molecule has 0 aromatic carbocycles. The summed E-state index contributed by atoms with van der Waals surface area (Å²) >= 11 is 0. The Bertz CT molecular complexity index is 236. The lowest BCUT2D eigenvalue weighted by atomic mass is 10.3. The molecule has 0 amide bonds. The molecule has 0 saturated heterocycles. The number of rotatable bonds is 7. The molecule has 0 aromatic heterocycles. The number of hydrogen-bond acceptors (Lipinski definition) is 3. The molecular formula is C9H21NO3S. The summed E-state index contributed by atoms with van der Waals surface area (Å²) in [4.78, 5) is 0. The van der Waals surface area contributed by atoms with E-state index < -0.39 is 10.0 Å². The van der Waals surface area contributed by atoms with E-state index in [-0.39, 0.29) is 18.4 Å². The molecule has 4 nitrogen and oxygen atoms in total. The summed E-state index contributed by atoms with van der Waals surface area (Å²) in [6.45, 7) is 6.00. The highest BCUT2D eigenvalue weighted by molar-refractivity contribution is 7.89. The predicted molar refractivity (Wildman–Crippen MR) is 57.6 cm³/mol. The highest BCUT2D eigenvalue weighted by Gasteiger charge is 2.22. The van der Waals surface area contributed by atoms with Crippen LogP contribution in [0.2, 0.25) is 0 Å². The number of hydrogen-bond donors (Lipinski definition) is 1. The van der Waals surface area contributed by atoms with Gasteiger partial charge in [0.05, 0.1) is 5.75 Å². The summed E-state index contributed by atoms with van der Waals surface area (Å²) in [6, 6.07) is -0.0295. The van der Waals surface area contributed by atoms with E-state index in [9.17, 15) is 8.42 Å². The molecule has 0 atom stereocenters. The average molecular weight is 223 g/mol. The van der Waals surface area contributed by atoms with Crippen LogP contribution in [0.25, 0.3) is 0 Å². The van der Waals surface area contributed by atoms with Crippen molar-refractivity contribution in [2.75, 3.05) is 18.9 Å². The van der Waals surface area contributed by atoms with Crippen molar-refractivity contribution in [1.29, 1.82) is 0 Å². The Kier molecular flexibility index (Phi) is 6.31. The number of aliphatic hydroxyl groups excluding tert-OH is 1. The molecule has 86 valence electrons. The van der Waals surface area contributed by atoms with Crippen LogP contribution in [0.5, 0.6) is 0 Å². The summed E-state index contributed by atoms with van der Waals surface area (Å²) in [6.07, 6.45) is 1.13. The first-order chi connectivity index (χ1) is 6.45. The zero-order chi connectivity index (χ0) is 11.2. The molecule has 14 heavy (non-hydrogen) atoms. The normalized spacial score (nSPS) is 12.7. The molecule has 0 heterocycles. The van der Waals surface area contributed by atoms with E-state index in [1.165, 1.54) is 4.31 Å². The minimum atomic E-state index is -3.12. The molecule has 0 unspecified atom stereocenters. The zero-order valence-electron chi connectivity index (χ0n) is 9.23. The van der Waals surface area contributed by atoms with E-state index >= 15 is 0 Å². The van der Waals surface area contributed by atoms with E-state index in [0.717, 1.165) is 0 Å². The van der Waals surface area contributed by atoms with Crippen molar-refractivity contribution >= 4 is 10.0 Å². The van der Waals surface area contributed by atoms with Crippen LogP contribution >= 0.6 is 0 Å². The maximum Gasteiger partial charge on any atom is 0.214 e. The van der Waals surface area contributed by atoms with Crippen LogP contribution in [0.3, 0.4) is 0 Å². The Hall–Kier alpha value is -0.130. The molecule has 0 aliphatic rings. The van der Waals surface area contributed by atoms with Gasteiger partial charge in [0.1, 0.15) is 0 Å². The summed E-state index contributed by atoms with van der Waals surface area (Å²) in [5.41, 5.74) is 0. The fourth-order valence-electron chi connectivity index (χ4n) is 1.32. The van der Waals surface area contributed by atoms with Gasteiger partial charge in [-0.2, -0.15) is 4.31 Å².